The lowest BCUT2D eigenvalue weighted by molar-refractivity contribution is 0.306. The highest BCUT2D eigenvalue weighted by Gasteiger charge is 2.16. The highest BCUT2D eigenvalue weighted by molar-refractivity contribution is 4.75. The molecule has 0 spiro atoms. The monoisotopic (exact) mass is 141 g/mol. The van der Waals surface area contributed by atoms with Crippen molar-refractivity contribution in [3.05, 3.63) is 0 Å². The predicted molar refractivity (Wildman–Crippen MR) is 45.1 cm³/mol. The van der Waals surface area contributed by atoms with Gasteiger partial charge in [0.2, 0.25) is 0 Å². The Morgan fingerprint density at radius 1 is 1.50 bits per heavy atom. The molecule has 0 aromatic heterocycles. The second kappa shape index (κ2) is 3.97. The van der Waals surface area contributed by atoms with Crippen LogP contribution in [-0.4, -0.2) is 12.6 Å². The van der Waals surface area contributed by atoms with Gasteiger partial charge in [0.15, 0.2) is 0 Å². The Labute approximate surface area is 64.2 Å². The summed E-state index contributed by atoms with van der Waals surface area (Å²) in [6, 6.07) is 0.828. The van der Waals surface area contributed by atoms with Crippen molar-refractivity contribution in [2.24, 2.45) is 5.92 Å². The third-order valence-corrected chi connectivity index (χ3v) is 2.39. The van der Waals surface area contributed by atoms with Gasteiger partial charge in [0, 0.05) is 6.04 Å². The fraction of sp³-hybridized carbons (Fsp3) is 1.00. The Morgan fingerprint density at radius 2 is 2.30 bits per heavy atom. The summed E-state index contributed by atoms with van der Waals surface area (Å²) in [4.78, 5) is 0. The normalized spacial score (nSPS) is 34.2. The molecule has 1 heterocycles. The molecule has 1 nitrogen and oxygen atoms in total. The Bertz CT molecular complexity index is 88.7. The van der Waals surface area contributed by atoms with Gasteiger partial charge in [-0.25, -0.2) is 0 Å². The largest absolute Gasteiger partial charge is 0.314 e. The van der Waals surface area contributed by atoms with Gasteiger partial charge in [-0.2, -0.15) is 0 Å². The maximum absolute atomic E-state index is 3.55. The Balaban J connectivity index is 2.18. The Morgan fingerprint density at radius 3 is 2.90 bits per heavy atom. The molecule has 2 atom stereocenters. The molecule has 1 rings (SSSR count). The first-order valence-electron chi connectivity index (χ1n) is 4.56. The smallest absolute Gasteiger partial charge is 0.00695 e. The van der Waals surface area contributed by atoms with Crippen molar-refractivity contribution in [2.75, 3.05) is 6.54 Å². The molecule has 1 aliphatic heterocycles. The van der Waals surface area contributed by atoms with Gasteiger partial charge < -0.3 is 5.32 Å². The summed E-state index contributed by atoms with van der Waals surface area (Å²) in [6.45, 7) is 5.87. The minimum Gasteiger partial charge on any atom is -0.314 e. The van der Waals surface area contributed by atoms with Crippen molar-refractivity contribution in [1.29, 1.82) is 0 Å². The van der Waals surface area contributed by atoms with E-state index in [9.17, 15) is 0 Å². The van der Waals surface area contributed by atoms with E-state index in [0.29, 0.717) is 0 Å². The molecule has 1 fully saturated rings. The van der Waals surface area contributed by atoms with Crippen LogP contribution in [0, 0.1) is 5.92 Å². The molecule has 1 saturated heterocycles. The fourth-order valence-corrected chi connectivity index (χ4v) is 1.79. The minimum atomic E-state index is 0.828. The van der Waals surface area contributed by atoms with Gasteiger partial charge in [-0.15, -0.1) is 0 Å². The maximum Gasteiger partial charge on any atom is 0.00695 e. The first-order valence-corrected chi connectivity index (χ1v) is 4.56. The first kappa shape index (κ1) is 8.06. The van der Waals surface area contributed by atoms with Gasteiger partial charge in [0.1, 0.15) is 0 Å². The lowest BCUT2D eigenvalue weighted by Gasteiger charge is -2.27. The van der Waals surface area contributed by atoms with E-state index < -0.39 is 0 Å². The zero-order valence-electron chi connectivity index (χ0n) is 7.19. The van der Waals surface area contributed by atoms with Crippen molar-refractivity contribution in [3.8, 4) is 0 Å². The summed E-state index contributed by atoms with van der Waals surface area (Å²) in [5.41, 5.74) is 0. The van der Waals surface area contributed by atoms with Crippen molar-refractivity contribution in [2.45, 2.75) is 45.6 Å². The molecule has 60 valence electrons. The van der Waals surface area contributed by atoms with E-state index in [-0.39, 0.29) is 0 Å². The van der Waals surface area contributed by atoms with Crippen LogP contribution < -0.4 is 5.32 Å². The lowest BCUT2D eigenvalue weighted by Crippen LogP contribution is -2.37. The molecule has 0 radical (unpaired) electrons. The number of hydrogen-bond acceptors (Lipinski definition) is 1. The summed E-state index contributed by atoms with van der Waals surface area (Å²) in [5, 5.41) is 3.55. The topological polar surface area (TPSA) is 12.0 Å². The van der Waals surface area contributed by atoms with Crippen LogP contribution in [0.25, 0.3) is 0 Å². The van der Waals surface area contributed by atoms with Crippen molar-refractivity contribution in [3.63, 3.8) is 0 Å². The van der Waals surface area contributed by atoms with Gasteiger partial charge >= 0.3 is 0 Å². The van der Waals surface area contributed by atoms with Crippen molar-refractivity contribution >= 4 is 0 Å². The average molecular weight is 141 g/mol. The number of hydrogen-bond donors (Lipinski definition) is 1. The van der Waals surface area contributed by atoms with Gasteiger partial charge in [-0.05, 0) is 31.7 Å². The zero-order valence-corrected chi connectivity index (χ0v) is 7.19. The van der Waals surface area contributed by atoms with E-state index in [2.05, 4.69) is 19.2 Å². The first-order chi connectivity index (χ1) is 4.83. The summed E-state index contributed by atoms with van der Waals surface area (Å²) < 4.78 is 0. The van der Waals surface area contributed by atoms with E-state index in [1.807, 2.05) is 0 Å². The van der Waals surface area contributed by atoms with Gasteiger partial charge in [0.05, 0.1) is 0 Å². The Hall–Kier alpha value is -0.0400. The zero-order chi connectivity index (χ0) is 7.40. The minimum absolute atomic E-state index is 0.828. The third-order valence-electron chi connectivity index (χ3n) is 2.39. The highest BCUT2D eigenvalue weighted by atomic mass is 14.9. The molecular formula is C9H19N. The summed E-state index contributed by atoms with van der Waals surface area (Å²) in [7, 11) is 0. The van der Waals surface area contributed by atoms with E-state index in [1.165, 1.54) is 32.2 Å². The second-order valence-electron chi connectivity index (χ2n) is 3.57. The van der Waals surface area contributed by atoms with Gasteiger partial charge in [-0.1, -0.05) is 20.3 Å². The third kappa shape index (κ3) is 2.30. The number of rotatable bonds is 2. The van der Waals surface area contributed by atoms with Crippen LogP contribution in [0.1, 0.15) is 39.5 Å². The molecule has 0 saturated carbocycles. The van der Waals surface area contributed by atoms with Crippen LogP contribution in [-0.2, 0) is 0 Å². The number of piperidine rings is 1. The fourth-order valence-electron chi connectivity index (χ4n) is 1.79. The van der Waals surface area contributed by atoms with Crippen molar-refractivity contribution in [1.82, 2.24) is 5.32 Å². The van der Waals surface area contributed by atoms with Crippen LogP contribution in [0.3, 0.4) is 0 Å². The Kier molecular flexibility index (Phi) is 3.20. The highest BCUT2D eigenvalue weighted by Crippen LogP contribution is 2.17. The van der Waals surface area contributed by atoms with E-state index >= 15 is 0 Å². The molecule has 0 unspecified atom stereocenters. The van der Waals surface area contributed by atoms with Gasteiger partial charge in [0.25, 0.3) is 0 Å². The van der Waals surface area contributed by atoms with Crippen LogP contribution in [0.4, 0.5) is 0 Å². The molecule has 1 heteroatoms. The average Bonchev–Trinajstić information content (AvgIpc) is 1.88. The van der Waals surface area contributed by atoms with Crippen LogP contribution >= 0.6 is 0 Å². The standard InChI is InChI=1S/C9H19N/c1-3-4-9-7-8(2)5-6-10-9/h8-10H,3-7H2,1-2H3/t8-,9-/m0/s1. The molecule has 0 bridgehead atoms. The molecule has 0 aliphatic carbocycles. The molecule has 0 aromatic rings. The maximum atomic E-state index is 3.55. The molecule has 0 amide bonds. The van der Waals surface area contributed by atoms with E-state index in [4.69, 9.17) is 0 Å². The summed E-state index contributed by atoms with van der Waals surface area (Å²) >= 11 is 0. The summed E-state index contributed by atoms with van der Waals surface area (Å²) in [6.07, 6.45) is 5.46. The van der Waals surface area contributed by atoms with E-state index in [0.717, 1.165) is 12.0 Å². The molecule has 1 N–H and O–H groups in total. The van der Waals surface area contributed by atoms with Crippen LogP contribution in [0.15, 0.2) is 0 Å². The van der Waals surface area contributed by atoms with E-state index in [1.54, 1.807) is 0 Å². The predicted octanol–water partition coefficient (Wildman–Crippen LogP) is 2.17. The molecular weight excluding hydrogens is 122 g/mol. The lowest BCUT2D eigenvalue weighted by atomic mass is 9.92. The van der Waals surface area contributed by atoms with Crippen LogP contribution in [0.5, 0.6) is 0 Å². The SMILES string of the molecule is CCC[C@H]1C[C@@H](C)CCN1. The van der Waals surface area contributed by atoms with Crippen LogP contribution in [0.2, 0.25) is 0 Å². The van der Waals surface area contributed by atoms with Gasteiger partial charge in [-0.3, -0.25) is 0 Å². The number of nitrogens with one attached hydrogen (secondary N) is 1. The second-order valence-corrected chi connectivity index (χ2v) is 3.57. The molecule has 1 aliphatic rings. The van der Waals surface area contributed by atoms with Crippen molar-refractivity contribution < 1.29 is 0 Å². The molecule has 0 aromatic carbocycles. The molecule has 10 heavy (non-hydrogen) atoms. The summed E-state index contributed by atoms with van der Waals surface area (Å²) in [5.74, 6) is 0.956. The quantitative estimate of drug-likeness (QED) is 0.621.